The molecule has 1 nitrogen and oxygen atoms in total. The summed E-state index contributed by atoms with van der Waals surface area (Å²) in [6, 6.07) is 6.95. The third-order valence-corrected chi connectivity index (χ3v) is 4.35. The van der Waals surface area contributed by atoms with Crippen LogP contribution in [-0.4, -0.2) is 12.2 Å². The second-order valence-electron chi connectivity index (χ2n) is 7.08. The van der Waals surface area contributed by atoms with Crippen molar-refractivity contribution in [2.45, 2.75) is 77.9 Å². The van der Waals surface area contributed by atoms with Crippen molar-refractivity contribution in [3.8, 4) is 0 Å². The molecule has 106 valence electrons. The average molecular weight is 260 g/mol. The van der Waals surface area contributed by atoms with Crippen LogP contribution in [0.1, 0.15) is 70.1 Å². The second kappa shape index (κ2) is 5.28. The van der Waals surface area contributed by atoms with Crippen LogP contribution < -0.4 is 0 Å². The van der Waals surface area contributed by atoms with Crippen LogP contribution in [0.2, 0.25) is 0 Å². The zero-order valence-electron chi connectivity index (χ0n) is 13.3. The first-order chi connectivity index (χ1) is 8.82. The molecule has 1 heteroatoms. The van der Waals surface area contributed by atoms with E-state index in [0.717, 1.165) is 12.8 Å². The Morgan fingerprint density at radius 3 is 2.42 bits per heavy atom. The average Bonchev–Trinajstić information content (AvgIpc) is 3.06. The third-order valence-electron chi connectivity index (χ3n) is 4.35. The Hall–Kier alpha value is -0.820. The fraction of sp³-hybridized carbons (Fsp3) is 0.667. The monoisotopic (exact) mass is 260 g/mol. The predicted octanol–water partition coefficient (Wildman–Crippen LogP) is 4.96. The van der Waals surface area contributed by atoms with Gasteiger partial charge in [0.25, 0.3) is 0 Å². The summed E-state index contributed by atoms with van der Waals surface area (Å²) >= 11 is 0. The van der Waals surface area contributed by atoms with E-state index in [0.29, 0.717) is 18.1 Å². The number of ether oxygens (including phenoxy) is 1. The van der Waals surface area contributed by atoms with E-state index in [9.17, 15) is 0 Å². The molecular weight excluding hydrogens is 232 g/mol. The Morgan fingerprint density at radius 2 is 1.89 bits per heavy atom. The maximum absolute atomic E-state index is 5.70. The van der Waals surface area contributed by atoms with Crippen LogP contribution in [0.25, 0.3) is 0 Å². The van der Waals surface area contributed by atoms with Crippen molar-refractivity contribution in [1.29, 1.82) is 0 Å². The molecule has 0 N–H and O–H groups in total. The van der Waals surface area contributed by atoms with Gasteiger partial charge in [0.15, 0.2) is 0 Å². The summed E-state index contributed by atoms with van der Waals surface area (Å²) in [6.45, 7) is 13.6. The van der Waals surface area contributed by atoms with Gasteiger partial charge >= 0.3 is 0 Å². The summed E-state index contributed by atoms with van der Waals surface area (Å²) < 4.78 is 5.70. The molecule has 0 spiro atoms. The lowest BCUT2D eigenvalue weighted by Crippen LogP contribution is -2.12. The molecule has 3 unspecified atom stereocenters. The van der Waals surface area contributed by atoms with Gasteiger partial charge in [-0.2, -0.15) is 0 Å². The largest absolute Gasteiger partial charge is 0.370 e. The van der Waals surface area contributed by atoms with Crippen molar-refractivity contribution in [2.75, 3.05) is 0 Å². The molecule has 2 rings (SSSR count). The SMILES string of the molecule is CCC1OC1CC(C)c1cc(C(C)(C)C)ccc1C. The summed E-state index contributed by atoms with van der Waals surface area (Å²) in [4.78, 5) is 0. The van der Waals surface area contributed by atoms with E-state index in [2.05, 4.69) is 59.7 Å². The van der Waals surface area contributed by atoms with Crippen LogP contribution in [0.15, 0.2) is 18.2 Å². The molecule has 0 radical (unpaired) electrons. The van der Waals surface area contributed by atoms with Crippen molar-refractivity contribution in [1.82, 2.24) is 0 Å². The van der Waals surface area contributed by atoms with Crippen LogP contribution in [0, 0.1) is 6.92 Å². The molecule has 0 aromatic heterocycles. The van der Waals surface area contributed by atoms with Gasteiger partial charge in [-0.25, -0.2) is 0 Å². The Labute approximate surface area is 118 Å². The summed E-state index contributed by atoms with van der Waals surface area (Å²) in [5, 5.41) is 0. The van der Waals surface area contributed by atoms with E-state index in [-0.39, 0.29) is 5.41 Å². The van der Waals surface area contributed by atoms with Crippen LogP contribution >= 0.6 is 0 Å². The number of epoxide rings is 1. The molecule has 0 aliphatic carbocycles. The van der Waals surface area contributed by atoms with E-state index >= 15 is 0 Å². The van der Waals surface area contributed by atoms with Crippen molar-refractivity contribution >= 4 is 0 Å². The lowest BCUT2D eigenvalue weighted by molar-refractivity contribution is 0.352. The molecule has 3 atom stereocenters. The molecule has 0 saturated carbocycles. The second-order valence-corrected chi connectivity index (χ2v) is 7.08. The van der Waals surface area contributed by atoms with Gasteiger partial charge in [-0.05, 0) is 47.8 Å². The smallest absolute Gasteiger partial charge is 0.0847 e. The molecule has 1 heterocycles. The normalized spacial score (nSPS) is 24.3. The Balaban J connectivity index is 2.14. The first-order valence-corrected chi connectivity index (χ1v) is 7.59. The minimum absolute atomic E-state index is 0.226. The van der Waals surface area contributed by atoms with Gasteiger partial charge in [-0.3, -0.25) is 0 Å². The lowest BCUT2D eigenvalue weighted by Gasteiger charge is -2.23. The van der Waals surface area contributed by atoms with Crippen LogP contribution in [0.5, 0.6) is 0 Å². The van der Waals surface area contributed by atoms with Crippen LogP contribution in [-0.2, 0) is 10.2 Å². The number of hydrogen-bond acceptors (Lipinski definition) is 1. The van der Waals surface area contributed by atoms with E-state index in [1.54, 1.807) is 0 Å². The van der Waals surface area contributed by atoms with E-state index in [4.69, 9.17) is 4.74 Å². The fourth-order valence-corrected chi connectivity index (χ4v) is 2.86. The van der Waals surface area contributed by atoms with Crippen molar-refractivity contribution in [3.05, 3.63) is 34.9 Å². The van der Waals surface area contributed by atoms with Crippen molar-refractivity contribution in [3.63, 3.8) is 0 Å². The summed E-state index contributed by atoms with van der Waals surface area (Å²) in [5.74, 6) is 0.587. The third kappa shape index (κ3) is 3.39. The highest BCUT2D eigenvalue weighted by Crippen LogP contribution is 2.36. The maximum Gasteiger partial charge on any atom is 0.0847 e. The maximum atomic E-state index is 5.70. The number of rotatable bonds is 4. The molecule has 19 heavy (non-hydrogen) atoms. The Morgan fingerprint density at radius 1 is 1.21 bits per heavy atom. The highest BCUT2D eigenvalue weighted by atomic mass is 16.6. The molecule has 0 amide bonds. The molecular formula is C18H28O. The van der Waals surface area contributed by atoms with E-state index in [1.807, 2.05) is 0 Å². The fourth-order valence-electron chi connectivity index (χ4n) is 2.86. The Bertz CT molecular complexity index is 441. The van der Waals surface area contributed by atoms with Gasteiger partial charge in [0.2, 0.25) is 0 Å². The number of benzene rings is 1. The molecule has 1 aromatic carbocycles. The summed E-state index contributed by atoms with van der Waals surface area (Å²) in [6.07, 6.45) is 3.33. The quantitative estimate of drug-likeness (QED) is 0.697. The van der Waals surface area contributed by atoms with Crippen LogP contribution in [0.3, 0.4) is 0 Å². The van der Waals surface area contributed by atoms with Gasteiger partial charge in [0.05, 0.1) is 12.2 Å². The zero-order chi connectivity index (χ0) is 14.2. The number of hydrogen-bond donors (Lipinski definition) is 0. The molecule has 1 aliphatic heterocycles. The van der Waals surface area contributed by atoms with Crippen molar-refractivity contribution in [2.24, 2.45) is 0 Å². The molecule has 1 aliphatic rings. The predicted molar refractivity (Wildman–Crippen MR) is 81.9 cm³/mol. The summed E-state index contributed by atoms with van der Waals surface area (Å²) in [7, 11) is 0. The minimum atomic E-state index is 0.226. The molecule has 0 bridgehead atoms. The van der Waals surface area contributed by atoms with Gasteiger partial charge in [-0.15, -0.1) is 0 Å². The topological polar surface area (TPSA) is 12.5 Å². The van der Waals surface area contributed by atoms with E-state index in [1.165, 1.54) is 16.7 Å². The molecule has 1 saturated heterocycles. The molecule has 1 fully saturated rings. The zero-order valence-corrected chi connectivity index (χ0v) is 13.3. The van der Waals surface area contributed by atoms with Gasteiger partial charge in [0, 0.05) is 0 Å². The van der Waals surface area contributed by atoms with Gasteiger partial charge in [0.1, 0.15) is 0 Å². The summed E-state index contributed by atoms with van der Waals surface area (Å²) in [5.41, 5.74) is 4.57. The number of aryl methyl sites for hydroxylation is 1. The first kappa shape index (κ1) is 14.6. The van der Waals surface area contributed by atoms with Gasteiger partial charge < -0.3 is 4.74 Å². The molecule has 1 aromatic rings. The van der Waals surface area contributed by atoms with Crippen molar-refractivity contribution < 1.29 is 4.74 Å². The standard InChI is InChI=1S/C18H28O/c1-7-16-17(19-16)10-13(3)15-11-14(18(4,5)6)9-8-12(15)2/h8-9,11,13,16-17H,7,10H2,1-6H3. The highest BCUT2D eigenvalue weighted by molar-refractivity contribution is 5.36. The van der Waals surface area contributed by atoms with E-state index < -0.39 is 0 Å². The highest BCUT2D eigenvalue weighted by Gasteiger charge is 2.38. The lowest BCUT2D eigenvalue weighted by atomic mass is 9.82. The minimum Gasteiger partial charge on any atom is -0.370 e. The van der Waals surface area contributed by atoms with Gasteiger partial charge in [-0.1, -0.05) is 52.8 Å². The van der Waals surface area contributed by atoms with Crippen LogP contribution in [0.4, 0.5) is 0 Å². The first-order valence-electron chi connectivity index (χ1n) is 7.59. The Kier molecular flexibility index (Phi) is 4.06.